The van der Waals surface area contributed by atoms with Gasteiger partial charge in [-0.15, -0.1) is 0 Å². The first kappa shape index (κ1) is 15.9. The molecule has 1 aromatic carbocycles. The second kappa shape index (κ2) is 6.52. The third-order valence-electron chi connectivity index (χ3n) is 3.70. The first-order valence-electron chi connectivity index (χ1n) is 6.78. The van der Waals surface area contributed by atoms with Crippen LogP contribution < -0.4 is 5.32 Å². The Balaban J connectivity index is 1.90. The molecule has 0 spiro atoms. The number of nitriles is 1. The van der Waals surface area contributed by atoms with Gasteiger partial charge in [-0.05, 0) is 18.9 Å². The average Bonchev–Trinajstić information content (AvgIpc) is 2.46. The van der Waals surface area contributed by atoms with Gasteiger partial charge in [-0.1, -0.05) is 12.1 Å². The second-order valence-electron chi connectivity index (χ2n) is 5.21. The van der Waals surface area contributed by atoms with Gasteiger partial charge in [-0.2, -0.15) is 5.26 Å². The topological polar surface area (TPSA) is 73.2 Å². The lowest BCUT2D eigenvalue weighted by atomic mass is 10.1. The van der Waals surface area contributed by atoms with E-state index in [-0.39, 0.29) is 11.6 Å². The van der Waals surface area contributed by atoms with Crippen LogP contribution in [0.2, 0.25) is 0 Å². The van der Waals surface area contributed by atoms with Gasteiger partial charge >= 0.3 is 0 Å². The van der Waals surface area contributed by atoms with E-state index in [0.717, 1.165) is 0 Å². The summed E-state index contributed by atoms with van der Waals surface area (Å²) in [4.78, 5) is 0. The summed E-state index contributed by atoms with van der Waals surface area (Å²) < 4.78 is 38.2. The van der Waals surface area contributed by atoms with Gasteiger partial charge in [0.25, 0.3) is 0 Å². The van der Waals surface area contributed by atoms with Crippen LogP contribution in [0.1, 0.15) is 24.0 Å². The van der Waals surface area contributed by atoms with Crippen LogP contribution in [-0.4, -0.2) is 38.1 Å². The quantitative estimate of drug-likeness (QED) is 0.907. The molecule has 0 unspecified atom stereocenters. The van der Waals surface area contributed by atoms with Crippen molar-refractivity contribution in [1.29, 1.82) is 5.26 Å². The number of hydrogen-bond donors (Lipinski definition) is 1. The summed E-state index contributed by atoms with van der Waals surface area (Å²) in [5.74, 6) is -0.485. The second-order valence-corrected chi connectivity index (χ2v) is 7.19. The molecule has 7 heteroatoms. The number of benzene rings is 1. The van der Waals surface area contributed by atoms with Crippen molar-refractivity contribution in [2.45, 2.75) is 25.4 Å². The molecule has 1 saturated heterocycles. The fraction of sp³-hybridized carbons (Fsp3) is 0.500. The summed E-state index contributed by atoms with van der Waals surface area (Å²) in [5.41, 5.74) is 0.501. The van der Waals surface area contributed by atoms with Crippen molar-refractivity contribution in [3.05, 3.63) is 35.1 Å². The van der Waals surface area contributed by atoms with E-state index in [0.29, 0.717) is 38.0 Å². The maximum absolute atomic E-state index is 13.9. The third-order valence-corrected chi connectivity index (χ3v) is 5.01. The SMILES string of the molecule is CS(=O)(=O)N1CCC(NCc2cccc(C#N)c2F)CC1. The minimum atomic E-state index is -3.12. The maximum atomic E-state index is 13.9. The summed E-state index contributed by atoms with van der Waals surface area (Å²) in [6.45, 7) is 1.30. The Hall–Kier alpha value is -1.49. The van der Waals surface area contributed by atoms with Crippen molar-refractivity contribution in [2.75, 3.05) is 19.3 Å². The van der Waals surface area contributed by atoms with Crippen molar-refractivity contribution in [3.8, 4) is 6.07 Å². The van der Waals surface area contributed by atoms with Gasteiger partial charge in [-0.3, -0.25) is 0 Å². The van der Waals surface area contributed by atoms with E-state index in [1.165, 1.54) is 16.6 Å². The fourth-order valence-electron chi connectivity index (χ4n) is 2.45. The van der Waals surface area contributed by atoms with E-state index < -0.39 is 15.8 Å². The van der Waals surface area contributed by atoms with Crippen molar-refractivity contribution >= 4 is 10.0 Å². The molecule has 0 aliphatic carbocycles. The van der Waals surface area contributed by atoms with E-state index in [1.807, 2.05) is 6.07 Å². The molecule has 0 atom stereocenters. The third kappa shape index (κ3) is 4.00. The van der Waals surface area contributed by atoms with Gasteiger partial charge in [0.2, 0.25) is 10.0 Å². The summed E-state index contributed by atoms with van der Waals surface area (Å²) in [5, 5.41) is 12.0. The number of nitrogens with zero attached hydrogens (tertiary/aromatic N) is 2. The van der Waals surface area contributed by atoms with Crippen LogP contribution in [0.4, 0.5) is 4.39 Å². The molecule has 114 valence electrons. The van der Waals surface area contributed by atoms with Gasteiger partial charge in [0.1, 0.15) is 11.9 Å². The van der Waals surface area contributed by atoms with Gasteiger partial charge in [0.15, 0.2) is 0 Å². The molecule has 2 rings (SSSR count). The highest BCUT2D eigenvalue weighted by molar-refractivity contribution is 7.88. The van der Waals surface area contributed by atoms with Crippen LogP contribution in [0, 0.1) is 17.1 Å². The van der Waals surface area contributed by atoms with Crippen molar-refractivity contribution in [2.24, 2.45) is 0 Å². The van der Waals surface area contributed by atoms with E-state index in [9.17, 15) is 12.8 Å². The normalized spacial score (nSPS) is 17.6. The largest absolute Gasteiger partial charge is 0.310 e. The minimum Gasteiger partial charge on any atom is -0.310 e. The zero-order valence-electron chi connectivity index (χ0n) is 11.8. The van der Waals surface area contributed by atoms with E-state index in [4.69, 9.17) is 5.26 Å². The van der Waals surface area contributed by atoms with Crippen molar-refractivity contribution in [3.63, 3.8) is 0 Å². The van der Waals surface area contributed by atoms with E-state index in [2.05, 4.69) is 5.32 Å². The Kier molecular flexibility index (Phi) is 4.93. The van der Waals surface area contributed by atoms with Crippen LogP contribution in [0.15, 0.2) is 18.2 Å². The highest BCUT2D eigenvalue weighted by atomic mass is 32.2. The Labute approximate surface area is 124 Å². The van der Waals surface area contributed by atoms with Crippen LogP contribution in [0.5, 0.6) is 0 Å². The Morgan fingerprint density at radius 2 is 2.10 bits per heavy atom. The number of hydrogen-bond acceptors (Lipinski definition) is 4. The molecule has 21 heavy (non-hydrogen) atoms. The molecule has 0 amide bonds. The highest BCUT2D eigenvalue weighted by Crippen LogP contribution is 2.16. The molecule has 1 N–H and O–H groups in total. The molecule has 5 nitrogen and oxygen atoms in total. The number of piperidine rings is 1. The average molecular weight is 311 g/mol. The van der Waals surface area contributed by atoms with Crippen LogP contribution in [0.25, 0.3) is 0 Å². The first-order chi connectivity index (χ1) is 9.91. The van der Waals surface area contributed by atoms with Crippen LogP contribution >= 0.6 is 0 Å². The molecule has 1 aromatic rings. The monoisotopic (exact) mass is 311 g/mol. The molecule has 1 aliphatic rings. The summed E-state index contributed by atoms with van der Waals surface area (Å²) in [6.07, 6.45) is 2.61. The van der Waals surface area contributed by atoms with E-state index in [1.54, 1.807) is 12.1 Å². The zero-order chi connectivity index (χ0) is 15.5. The lowest BCUT2D eigenvalue weighted by molar-refractivity contribution is 0.289. The first-order valence-corrected chi connectivity index (χ1v) is 8.62. The molecule has 0 radical (unpaired) electrons. The Bertz CT molecular complexity index is 647. The molecule has 1 heterocycles. The highest BCUT2D eigenvalue weighted by Gasteiger charge is 2.24. The standard InChI is InChI=1S/C14H18FN3O2S/c1-21(19,20)18-7-5-13(6-8-18)17-10-12-4-2-3-11(9-16)14(12)15/h2-4,13,17H,5-8,10H2,1H3. The van der Waals surface area contributed by atoms with Gasteiger partial charge < -0.3 is 5.32 Å². The number of nitrogens with one attached hydrogen (secondary N) is 1. The van der Waals surface area contributed by atoms with E-state index >= 15 is 0 Å². The van der Waals surface area contributed by atoms with Crippen molar-refractivity contribution in [1.82, 2.24) is 9.62 Å². The summed E-state index contributed by atoms with van der Waals surface area (Å²) >= 11 is 0. The van der Waals surface area contributed by atoms with Crippen LogP contribution in [0.3, 0.4) is 0 Å². The maximum Gasteiger partial charge on any atom is 0.211 e. The lowest BCUT2D eigenvalue weighted by Crippen LogP contribution is -2.44. The Morgan fingerprint density at radius 3 is 2.67 bits per heavy atom. The summed E-state index contributed by atoms with van der Waals surface area (Å²) in [7, 11) is -3.12. The molecular formula is C14H18FN3O2S. The molecule has 0 bridgehead atoms. The van der Waals surface area contributed by atoms with Gasteiger partial charge in [0.05, 0.1) is 11.8 Å². The smallest absolute Gasteiger partial charge is 0.211 e. The summed E-state index contributed by atoms with van der Waals surface area (Å²) in [6, 6.07) is 6.73. The zero-order valence-corrected chi connectivity index (χ0v) is 12.7. The molecule has 0 aromatic heterocycles. The minimum absolute atomic E-state index is 0.0428. The number of halogens is 1. The number of rotatable bonds is 4. The predicted molar refractivity (Wildman–Crippen MR) is 77.4 cm³/mol. The van der Waals surface area contributed by atoms with Gasteiger partial charge in [0, 0.05) is 31.2 Å². The lowest BCUT2D eigenvalue weighted by Gasteiger charge is -2.30. The van der Waals surface area contributed by atoms with Gasteiger partial charge in [-0.25, -0.2) is 17.1 Å². The Morgan fingerprint density at radius 1 is 1.43 bits per heavy atom. The number of sulfonamides is 1. The molecular weight excluding hydrogens is 293 g/mol. The fourth-order valence-corrected chi connectivity index (χ4v) is 3.32. The van der Waals surface area contributed by atoms with Crippen LogP contribution in [-0.2, 0) is 16.6 Å². The molecule has 0 saturated carbocycles. The molecule has 1 fully saturated rings. The predicted octanol–water partition coefficient (Wildman–Crippen LogP) is 1.21. The van der Waals surface area contributed by atoms with Crippen molar-refractivity contribution < 1.29 is 12.8 Å². The molecule has 1 aliphatic heterocycles.